The molecular weight excluding hydrogens is 446 g/mol. The first-order valence-electron chi connectivity index (χ1n) is 9.45. The van der Waals surface area contributed by atoms with Crippen molar-refractivity contribution >= 4 is 21.4 Å². The van der Waals surface area contributed by atoms with Crippen molar-refractivity contribution in [2.24, 2.45) is 5.73 Å². The third-order valence-corrected chi connectivity index (χ3v) is 5.95. The van der Waals surface area contributed by atoms with Crippen LogP contribution in [-0.2, 0) is 19.3 Å². The summed E-state index contributed by atoms with van der Waals surface area (Å²) < 4.78 is 54.4. The highest BCUT2D eigenvalue weighted by Gasteiger charge is 2.32. The van der Waals surface area contributed by atoms with Crippen molar-refractivity contribution < 1.29 is 17.6 Å². The van der Waals surface area contributed by atoms with Crippen LogP contribution >= 0.6 is 11.3 Å². The van der Waals surface area contributed by atoms with Crippen LogP contribution in [0.5, 0.6) is 0 Å². The SMILES string of the molecule is NC/C(=C\F)Cn1ncn(Cc2cc3cc(-c4ccc(C(F)(F)F)nc4)ccc3s2)c1=O. The molecule has 0 radical (unpaired) electrons. The van der Waals surface area contributed by atoms with Crippen LogP contribution in [0.3, 0.4) is 0 Å². The Kier molecular flexibility index (Phi) is 5.94. The second kappa shape index (κ2) is 8.67. The summed E-state index contributed by atoms with van der Waals surface area (Å²) in [4.78, 5) is 16.9. The molecule has 0 spiro atoms. The van der Waals surface area contributed by atoms with Crippen LogP contribution in [0.15, 0.2) is 65.6 Å². The molecule has 4 aromatic rings. The zero-order valence-electron chi connectivity index (χ0n) is 16.5. The van der Waals surface area contributed by atoms with E-state index in [1.54, 1.807) is 0 Å². The van der Waals surface area contributed by atoms with Crippen molar-refractivity contribution in [1.82, 2.24) is 19.3 Å². The van der Waals surface area contributed by atoms with Crippen molar-refractivity contribution in [3.63, 3.8) is 0 Å². The molecule has 0 bridgehead atoms. The minimum Gasteiger partial charge on any atom is -0.327 e. The van der Waals surface area contributed by atoms with Gasteiger partial charge in [-0.1, -0.05) is 12.1 Å². The number of nitrogens with two attached hydrogens (primary N) is 1. The zero-order chi connectivity index (χ0) is 22.9. The smallest absolute Gasteiger partial charge is 0.327 e. The van der Waals surface area contributed by atoms with Crippen molar-refractivity contribution in [3.05, 3.63) is 81.9 Å². The maximum Gasteiger partial charge on any atom is 0.433 e. The van der Waals surface area contributed by atoms with Crippen LogP contribution in [0, 0.1) is 0 Å². The molecule has 0 saturated heterocycles. The number of hydrogen-bond acceptors (Lipinski definition) is 5. The average Bonchev–Trinajstić information content (AvgIpc) is 3.34. The van der Waals surface area contributed by atoms with E-state index in [9.17, 15) is 22.4 Å². The molecule has 0 aliphatic carbocycles. The Hall–Kier alpha value is -3.31. The Morgan fingerprint density at radius 3 is 2.59 bits per heavy atom. The van der Waals surface area contributed by atoms with Crippen LogP contribution in [-0.4, -0.2) is 25.9 Å². The highest BCUT2D eigenvalue weighted by molar-refractivity contribution is 7.19. The highest BCUT2D eigenvalue weighted by atomic mass is 32.1. The van der Waals surface area contributed by atoms with Gasteiger partial charge in [0, 0.05) is 27.9 Å². The van der Waals surface area contributed by atoms with E-state index in [4.69, 9.17) is 5.73 Å². The molecular formula is C21H17F4N5OS. The van der Waals surface area contributed by atoms with Gasteiger partial charge in [-0.2, -0.15) is 18.3 Å². The number of aromatic nitrogens is 4. The molecule has 0 atom stereocenters. The first-order valence-corrected chi connectivity index (χ1v) is 10.3. The zero-order valence-corrected chi connectivity index (χ0v) is 17.3. The summed E-state index contributed by atoms with van der Waals surface area (Å²) in [6.45, 7) is 0.255. The van der Waals surface area contributed by atoms with E-state index in [1.165, 1.54) is 34.5 Å². The van der Waals surface area contributed by atoms with Gasteiger partial charge < -0.3 is 5.73 Å². The summed E-state index contributed by atoms with van der Waals surface area (Å²) in [6, 6.07) is 9.82. The summed E-state index contributed by atoms with van der Waals surface area (Å²) in [7, 11) is 0. The molecule has 0 aliphatic rings. The summed E-state index contributed by atoms with van der Waals surface area (Å²) in [5, 5.41) is 4.90. The lowest BCUT2D eigenvalue weighted by atomic mass is 10.1. The molecule has 32 heavy (non-hydrogen) atoms. The van der Waals surface area contributed by atoms with E-state index in [1.807, 2.05) is 24.3 Å². The summed E-state index contributed by atoms with van der Waals surface area (Å²) in [5.74, 6) is 0. The minimum atomic E-state index is -4.48. The van der Waals surface area contributed by atoms with Gasteiger partial charge >= 0.3 is 11.9 Å². The van der Waals surface area contributed by atoms with Gasteiger partial charge in [0.05, 0.1) is 19.4 Å². The Balaban J connectivity index is 1.56. The third-order valence-electron chi connectivity index (χ3n) is 4.85. The fraction of sp³-hybridized carbons (Fsp3) is 0.190. The Bertz CT molecular complexity index is 1330. The quantitative estimate of drug-likeness (QED) is 0.435. The molecule has 0 aliphatic heterocycles. The molecule has 0 saturated carbocycles. The number of fused-ring (bicyclic) bond motifs is 1. The van der Waals surface area contributed by atoms with Gasteiger partial charge in [-0.15, -0.1) is 11.3 Å². The lowest BCUT2D eigenvalue weighted by molar-refractivity contribution is -0.141. The fourth-order valence-corrected chi connectivity index (χ4v) is 4.22. The number of benzene rings is 1. The number of hydrogen-bond donors (Lipinski definition) is 1. The molecule has 0 amide bonds. The van der Waals surface area contributed by atoms with Gasteiger partial charge in [-0.25, -0.2) is 13.9 Å². The first kappa shape index (κ1) is 21.9. The second-order valence-electron chi connectivity index (χ2n) is 7.07. The van der Waals surface area contributed by atoms with Crippen LogP contribution in [0.4, 0.5) is 17.6 Å². The van der Waals surface area contributed by atoms with E-state index < -0.39 is 11.9 Å². The molecule has 11 heteroatoms. The number of alkyl halides is 3. The molecule has 6 nitrogen and oxygen atoms in total. The Labute approximate surface area is 183 Å². The van der Waals surface area contributed by atoms with Gasteiger partial charge in [0.2, 0.25) is 0 Å². The van der Waals surface area contributed by atoms with E-state index in [0.717, 1.165) is 31.3 Å². The van der Waals surface area contributed by atoms with E-state index in [-0.39, 0.29) is 30.9 Å². The number of pyridine rings is 1. The molecule has 1 aromatic carbocycles. The Morgan fingerprint density at radius 1 is 1.16 bits per heavy atom. The van der Waals surface area contributed by atoms with Crippen molar-refractivity contribution in [3.8, 4) is 11.1 Å². The predicted molar refractivity (Wildman–Crippen MR) is 114 cm³/mol. The van der Waals surface area contributed by atoms with Crippen LogP contribution < -0.4 is 11.4 Å². The van der Waals surface area contributed by atoms with Gasteiger partial charge in [-0.3, -0.25) is 9.55 Å². The van der Waals surface area contributed by atoms with Crippen LogP contribution in [0.25, 0.3) is 21.2 Å². The van der Waals surface area contributed by atoms with Gasteiger partial charge in [0.1, 0.15) is 12.0 Å². The summed E-state index contributed by atoms with van der Waals surface area (Å²) >= 11 is 1.49. The molecule has 3 aromatic heterocycles. The number of rotatable bonds is 6. The lowest BCUT2D eigenvalue weighted by Crippen LogP contribution is -2.26. The summed E-state index contributed by atoms with van der Waals surface area (Å²) in [6.07, 6.45) is -1.52. The lowest BCUT2D eigenvalue weighted by Gasteiger charge is -2.06. The third kappa shape index (κ3) is 4.48. The largest absolute Gasteiger partial charge is 0.433 e. The van der Waals surface area contributed by atoms with Crippen molar-refractivity contribution in [2.75, 3.05) is 6.54 Å². The van der Waals surface area contributed by atoms with Gasteiger partial charge in [-0.05, 0) is 40.8 Å². The van der Waals surface area contributed by atoms with Crippen LogP contribution in [0.1, 0.15) is 10.6 Å². The fourth-order valence-electron chi connectivity index (χ4n) is 3.18. The summed E-state index contributed by atoms with van der Waals surface area (Å²) in [5.41, 5.74) is 5.67. The average molecular weight is 463 g/mol. The van der Waals surface area contributed by atoms with Crippen molar-refractivity contribution in [2.45, 2.75) is 19.3 Å². The number of nitrogens with zero attached hydrogens (tertiary/aromatic N) is 4. The highest BCUT2D eigenvalue weighted by Crippen LogP contribution is 2.32. The normalized spacial score (nSPS) is 12.6. The second-order valence-corrected chi connectivity index (χ2v) is 8.23. The maximum atomic E-state index is 12.7. The van der Waals surface area contributed by atoms with Crippen molar-refractivity contribution in [1.29, 1.82) is 0 Å². The molecule has 4 rings (SSSR count). The van der Waals surface area contributed by atoms with E-state index in [0.29, 0.717) is 11.9 Å². The maximum absolute atomic E-state index is 12.7. The van der Waals surface area contributed by atoms with Gasteiger partial charge in [0.15, 0.2) is 0 Å². The monoisotopic (exact) mass is 463 g/mol. The van der Waals surface area contributed by atoms with Crippen LogP contribution in [0.2, 0.25) is 0 Å². The molecule has 2 N–H and O–H groups in total. The molecule has 3 heterocycles. The topological polar surface area (TPSA) is 78.7 Å². The van der Waals surface area contributed by atoms with E-state index in [2.05, 4.69) is 10.1 Å². The number of halogens is 4. The molecule has 166 valence electrons. The Morgan fingerprint density at radius 2 is 1.94 bits per heavy atom. The van der Waals surface area contributed by atoms with Gasteiger partial charge in [0.25, 0.3) is 0 Å². The standard InChI is InChI=1S/C21H17F4N5OS/c22-7-13(8-26)10-30-20(31)29(12-28-30)11-17-6-16-5-14(1-3-18(16)32-17)15-2-4-19(27-9-15)21(23,24)25/h1-7,9,12H,8,10-11,26H2/b13-7+. The predicted octanol–water partition coefficient (Wildman–Crippen LogP) is 4.20. The number of thiophene rings is 1. The first-order chi connectivity index (χ1) is 15.3. The van der Waals surface area contributed by atoms with E-state index >= 15 is 0 Å². The molecule has 0 unspecified atom stereocenters. The molecule has 0 fully saturated rings. The minimum absolute atomic E-state index is 0.0110.